The van der Waals surface area contributed by atoms with E-state index in [4.69, 9.17) is 49.5 Å². The molecule has 1 aromatic carbocycles. The summed E-state index contributed by atoms with van der Waals surface area (Å²) in [6.45, 7) is 15.7. The van der Waals surface area contributed by atoms with Gasteiger partial charge < -0.3 is 47.9 Å². The van der Waals surface area contributed by atoms with Crippen molar-refractivity contribution >= 4 is 70.7 Å². The number of imidazole rings is 1. The molecule has 68 heavy (non-hydrogen) atoms. The average Bonchev–Trinajstić information content (AvgIpc) is 3.77. The first-order chi connectivity index (χ1) is 31.6. The Kier molecular flexibility index (Phi) is 17.8. The average molecular weight is 981 g/mol. The van der Waals surface area contributed by atoms with E-state index in [9.17, 15) is 33.6 Å². The second kappa shape index (κ2) is 22.3. The van der Waals surface area contributed by atoms with E-state index in [1.807, 2.05) is 0 Å². The Morgan fingerprint density at radius 2 is 1.40 bits per heavy atom. The minimum atomic E-state index is -2.59. The van der Waals surface area contributed by atoms with E-state index in [0.29, 0.717) is 4.90 Å². The number of esters is 3. The fraction of sp³-hybridized carbons (Fsp3) is 0.591. The van der Waals surface area contributed by atoms with Crippen molar-refractivity contribution in [3.8, 4) is 0 Å². The highest BCUT2D eigenvalue weighted by Crippen LogP contribution is 2.39. The lowest BCUT2D eigenvalue weighted by Crippen LogP contribution is -2.54. The van der Waals surface area contributed by atoms with Gasteiger partial charge in [0.05, 0.1) is 39.7 Å². The molecule has 3 aromatic rings. The van der Waals surface area contributed by atoms with Crippen LogP contribution < -0.4 is 10.2 Å². The van der Waals surface area contributed by atoms with E-state index in [0.717, 1.165) is 10.9 Å². The third kappa shape index (κ3) is 14.2. The lowest BCUT2D eigenvalue weighted by molar-refractivity contribution is -0.197. The van der Waals surface area contributed by atoms with Gasteiger partial charge in [-0.2, -0.15) is 14.9 Å². The molecule has 1 fully saturated rings. The van der Waals surface area contributed by atoms with Gasteiger partial charge in [-0.05, 0) is 105 Å². The molecule has 1 N–H and O–H groups in total. The van der Waals surface area contributed by atoms with Crippen LogP contribution in [0.1, 0.15) is 105 Å². The monoisotopic (exact) mass is 980 g/mol. The molecular weight excluding hydrogens is 923 g/mol. The Bertz CT molecular complexity index is 2280. The van der Waals surface area contributed by atoms with E-state index in [1.54, 1.807) is 62.3 Å². The van der Waals surface area contributed by atoms with Crippen molar-refractivity contribution in [3.63, 3.8) is 0 Å². The number of nitrogens with zero attached hydrogens (tertiary/aromatic N) is 5. The molecule has 0 radical (unpaired) electrons. The van der Waals surface area contributed by atoms with Gasteiger partial charge in [0.1, 0.15) is 22.9 Å². The number of ether oxygens (including phenoxy) is 9. The van der Waals surface area contributed by atoms with Crippen LogP contribution in [-0.4, -0.2) is 136 Å². The molecule has 22 nitrogen and oxygen atoms in total. The summed E-state index contributed by atoms with van der Waals surface area (Å²) in [4.78, 5) is 106. The minimum Gasteiger partial charge on any atom is -0.469 e. The predicted octanol–water partition coefficient (Wildman–Crippen LogP) is 6.13. The zero-order valence-corrected chi connectivity index (χ0v) is 40.7. The number of rotatable bonds is 16. The molecule has 0 saturated carbocycles. The molecule has 1 aliphatic heterocycles. The van der Waals surface area contributed by atoms with Crippen LogP contribution in [0.25, 0.3) is 11.2 Å². The van der Waals surface area contributed by atoms with E-state index >= 15 is 4.39 Å². The fourth-order valence-electron chi connectivity index (χ4n) is 6.32. The quantitative estimate of drug-likeness (QED) is 0.0732. The van der Waals surface area contributed by atoms with E-state index < -0.39 is 113 Å². The summed E-state index contributed by atoms with van der Waals surface area (Å²) in [6.07, 6.45) is -11.0. The molecule has 374 valence electrons. The molecule has 0 bridgehead atoms. The van der Waals surface area contributed by atoms with Crippen LogP contribution in [0.2, 0.25) is 5.28 Å². The summed E-state index contributed by atoms with van der Waals surface area (Å²) in [7, 11) is 1.22. The highest BCUT2D eigenvalue weighted by molar-refractivity contribution is 6.29. The SMILES string of the molecule is CCOC(=O)C(Cc1ccc(C(=O)NCCC(=O)OC)cc1)(OC[C@H]1O[C@@H](n2cnc3c(N(C(=O)OC(C)(C)C)C(=O)OC(C)(C)C)nc(Cl)nc32)[C@@H](F)[C@@H]1OC(=O)OC(C)(C)C)C(=O)OCC. The van der Waals surface area contributed by atoms with Gasteiger partial charge >= 0.3 is 36.2 Å². The summed E-state index contributed by atoms with van der Waals surface area (Å²) in [5.74, 6) is -3.94. The van der Waals surface area contributed by atoms with Crippen molar-refractivity contribution in [2.45, 2.75) is 136 Å². The van der Waals surface area contributed by atoms with Crippen molar-refractivity contribution in [3.05, 3.63) is 47.0 Å². The Balaban J connectivity index is 1.78. The largest absolute Gasteiger partial charge is 0.509 e. The Morgan fingerprint density at radius 3 is 1.91 bits per heavy atom. The van der Waals surface area contributed by atoms with Crippen LogP contribution >= 0.6 is 11.6 Å². The minimum absolute atomic E-state index is 0.00122. The van der Waals surface area contributed by atoms with Gasteiger partial charge in [0.25, 0.3) is 11.5 Å². The van der Waals surface area contributed by atoms with Gasteiger partial charge in [0.2, 0.25) is 5.28 Å². The van der Waals surface area contributed by atoms with E-state index in [2.05, 4.69) is 25.0 Å². The number of hydrogen-bond acceptors (Lipinski definition) is 19. The summed E-state index contributed by atoms with van der Waals surface area (Å²) in [5.41, 5.74) is -6.03. The molecule has 1 saturated heterocycles. The van der Waals surface area contributed by atoms with Gasteiger partial charge in [0.15, 0.2) is 35.5 Å². The van der Waals surface area contributed by atoms with Crippen molar-refractivity contribution < 1.29 is 80.6 Å². The molecule has 24 heteroatoms. The summed E-state index contributed by atoms with van der Waals surface area (Å²) >= 11 is 6.38. The van der Waals surface area contributed by atoms with Gasteiger partial charge in [0, 0.05) is 18.5 Å². The highest BCUT2D eigenvalue weighted by Gasteiger charge is 2.55. The number of nitrogens with one attached hydrogen (secondary N) is 1. The zero-order chi connectivity index (χ0) is 50.9. The van der Waals surface area contributed by atoms with Crippen molar-refractivity contribution in [2.75, 3.05) is 38.4 Å². The third-order valence-electron chi connectivity index (χ3n) is 9.12. The smallest absolute Gasteiger partial charge is 0.469 e. The molecule has 3 heterocycles. The van der Waals surface area contributed by atoms with Crippen molar-refractivity contribution in [2.24, 2.45) is 0 Å². The highest BCUT2D eigenvalue weighted by atomic mass is 35.5. The van der Waals surface area contributed by atoms with Crippen LogP contribution in [0.5, 0.6) is 0 Å². The second-order valence-electron chi connectivity index (χ2n) is 18.0. The molecule has 4 atom stereocenters. The molecule has 0 unspecified atom stereocenters. The number of fused-ring (bicyclic) bond motifs is 1. The van der Waals surface area contributed by atoms with Gasteiger partial charge in [-0.25, -0.2) is 33.3 Å². The summed E-state index contributed by atoms with van der Waals surface area (Å²) in [5, 5.41) is 2.04. The zero-order valence-electron chi connectivity index (χ0n) is 40.0. The van der Waals surface area contributed by atoms with Crippen LogP contribution in [0, 0.1) is 0 Å². The van der Waals surface area contributed by atoms with Crippen LogP contribution in [0.4, 0.5) is 24.6 Å². The Morgan fingerprint density at radius 1 is 0.838 bits per heavy atom. The number of aromatic nitrogens is 4. The number of methoxy groups -OCH3 is 1. The lowest BCUT2D eigenvalue weighted by Gasteiger charge is -2.31. The van der Waals surface area contributed by atoms with Gasteiger partial charge in [-0.1, -0.05) is 12.1 Å². The van der Waals surface area contributed by atoms with E-state index in [-0.39, 0.29) is 48.5 Å². The molecule has 2 aromatic heterocycles. The number of hydrogen-bond donors (Lipinski definition) is 1. The Labute approximate surface area is 396 Å². The van der Waals surface area contributed by atoms with Gasteiger partial charge in [-0.3, -0.25) is 14.2 Å². The van der Waals surface area contributed by atoms with Crippen molar-refractivity contribution in [1.82, 2.24) is 24.8 Å². The lowest BCUT2D eigenvalue weighted by atomic mass is 9.93. The first-order valence-corrected chi connectivity index (χ1v) is 21.8. The molecule has 1 aliphatic rings. The number of amides is 3. The standard InChI is InChI=1S/C44H58ClFN6O16/c1-13-61-35(55)44(36(56)62-14-2,21-24-15-17-25(18-16-24)33(54)47-20-19-27(53)60-12)63-22-26-30(65-40(59)68-43(9,10)11)28(46)34(64-26)51-23-48-29-31(51)49-37(45)50-32(29)52(38(57)66-41(3,4)5)39(58)67-42(6,7)8/h15-18,23,26,28,30,34H,13-14,19-22H2,1-12H3,(H,47,54)/t26-,28+,30-,34-/m1/s1. The maximum Gasteiger partial charge on any atom is 0.509 e. The van der Waals surface area contributed by atoms with Crippen LogP contribution in [-0.2, 0) is 63.4 Å². The first-order valence-electron chi connectivity index (χ1n) is 21.4. The number of carbonyl (C=O) groups excluding carboxylic acids is 7. The molecule has 4 rings (SSSR count). The normalized spacial score (nSPS) is 17.4. The Hall–Kier alpha value is -6.20. The predicted molar refractivity (Wildman–Crippen MR) is 236 cm³/mol. The molecule has 0 spiro atoms. The molecular formula is C44H58ClFN6O16. The second-order valence-corrected chi connectivity index (χ2v) is 18.4. The summed E-state index contributed by atoms with van der Waals surface area (Å²) < 4.78 is 67.5. The number of halogens is 2. The maximum absolute atomic E-state index is 17.1. The number of carbonyl (C=O) groups is 7. The molecule has 0 aliphatic carbocycles. The summed E-state index contributed by atoms with van der Waals surface area (Å²) in [6, 6.07) is 5.70. The van der Waals surface area contributed by atoms with Crippen LogP contribution in [0.3, 0.4) is 0 Å². The topological polar surface area (TPSA) is 261 Å². The van der Waals surface area contributed by atoms with Crippen LogP contribution in [0.15, 0.2) is 30.6 Å². The number of imide groups is 1. The number of benzene rings is 1. The first kappa shape index (κ1) is 54.4. The van der Waals surface area contributed by atoms with Crippen molar-refractivity contribution in [1.29, 1.82) is 0 Å². The maximum atomic E-state index is 17.1. The van der Waals surface area contributed by atoms with E-state index in [1.165, 1.54) is 45.2 Å². The fourth-order valence-corrected chi connectivity index (χ4v) is 6.48. The number of alkyl halides is 1. The molecule has 3 amide bonds. The van der Waals surface area contributed by atoms with Gasteiger partial charge in [-0.15, -0.1) is 0 Å². The number of anilines is 1. The third-order valence-corrected chi connectivity index (χ3v) is 9.29.